The number of benzene rings is 1. The molecule has 0 bridgehead atoms. The van der Waals surface area contributed by atoms with Crippen molar-refractivity contribution in [2.24, 2.45) is 0 Å². The van der Waals surface area contributed by atoms with Gasteiger partial charge in [-0.3, -0.25) is 20.2 Å². The molecule has 2 fully saturated rings. The van der Waals surface area contributed by atoms with Crippen LogP contribution in [0.3, 0.4) is 0 Å². The van der Waals surface area contributed by atoms with Gasteiger partial charge in [0.2, 0.25) is 0 Å². The first-order valence-corrected chi connectivity index (χ1v) is 5.87. The van der Waals surface area contributed by atoms with Crippen molar-refractivity contribution >= 4 is 23.9 Å². The first-order valence-electron chi connectivity index (χ1n) is 5.87. The number of imide groups is 2. The lowest BCUT2D eigenvalue weighted by atomic mass is 10.0. The molecule has 2 heterocycles. The predicted molar refractivity (Wildman–Crippen MR) is 65.3 cm³/mol. The van der Waals surface area contributed by atoms with Gasteiger partial charge in [0.05, 0.1) is 0 Å². The van der Waals surface area contributed by atoms with Crippen LogP contribution in [0, 0.1) is 0 Å². The maximum absolute atomic E-state index is 11.5. The van der Waals surface area contributed by atoms with E-state index in [0.717, 1.165) is 0 Å². The zero-order valence-corrected chi connectivity index (χ0v) is 10.1. The highest BCUT2D eigenvalue weighted by atomic mass is 16.2. The highest BCUT2D eigenvalue weighted by molar-refractivity contribution is 6.05. The van der Waals surface area contributed by atoms with Gasteiger partial charge in [-0.15, -0.1) is 0 Å². The summed E-state index contributed by atoms with van der Waals surface area (Å²) >= 11 is 0. The van der Waals surface area contributed by atoms with Crippen LogP contribution in [0.5, 0.6) is 0 Å². The minimum absolute atomic E-state index is 0.422. The topological polar surface area (TPSA) is 116 Å². The fourth-order valence-electron chi connectivity index (χ4n) is 2.18. The predicted octanol–water partition coefficient (Wildman–Crippen LogP) is -0.552. The Labute approximate surface area is 112 Å². The molecule has 0 saturated carbocycles. The fraction of sp³-hybridized carbons (Fsp3) is 0.167. The first-order chi connectivity index (χ1) is 9.54. The molecule has 20 heavy (non-hydrogen) atoms. The fourth-order valence-corrected chi connectivity index (χ4v) is 2.18. The van der Waals surface area contributed by atoms with E-state index in [4.69, 9.17) is 0 Å². The monoisotopic (exact) mass is 274 g/mol. The van der Waals surface area contributed by atoms with Crippen molar-refractivity contribution in [3.63, 3.8) is 0 Å². The van der Waals surface area contributed by atoms with Crippen LogP contribution in [0.1, 0.15) is 23.2 Å². The van der Waals surface area contributed by atoms with E-state index in [1.807, 2.05) is 0 Å². The van der Waals surface area contributed by atoms with E-state index in [1.54, 1.807) is 24.3 Å². The minimum Gasteiger partial charge on any atom is -0.322 e. The molecule has 2 saturated heterocycles. The number of carbonyl (C=O) groups excluding carboxylic acids is 4. The van der Waals surface area contributed by atoms with Gasteiger partial charge < -0.3 is 10.6 Å². The van der Waals surface area contributed by atoms with Gasteiger partial charge in [-0.1, -0.05) is 24.3 Å². The highest BCUT2D eigenvalue weighted by Gasteiger charge is 2.33. The standard InChI is InChI=1S/C12H10N4O4/c17-9-7(13-11(19)15-9)5-1-2-6(4-3-5)8-10(18)16-12(20)14-8/h1-4,7-8H,(H2,13,15,17,19)(H2,14,16,18,20)/t7-,8+. The molecule has 0 unspecified atom stereocenters. The summed E-state index contributed by atoms with van der Waals surface area (Å²) in [4.78, 5) is 45.1. The lowest BCUT2D eigenvalue weighted by Crippen LogP contribution is -2.22. The molecular formula is C12H10N4O4. The average molecular weight is 274 g/mol. The van der Waals surface area contributed by atoms with Crippen molar-refractivity contribution in [2.45, 2.75) is 12.1 Å². The molecule has 3 rings (SSSR count). The van der Waals surface area contributed by atoms with Crippen LogP contribution in [0.4, 0.5) is 9.59 Å². The molecule has 1 aromatic rings. The summed E-state index contributed by atoms with van der Waals surface area (Å²) in [6.45, 7) is 0. The second-order valence-electron chi connectivity index (χ2n) is 4.46. The number of carbonyl (C=O) groups is 4. The van der Waals surface area contributed by atoms with E-state index in [1.165, 1.54) is 0 Å². The largest absolute Gasteiger partial charge is 0.322 e. The van der Waals surface area contributed by atoms with Crippen molar-refractivity contribution in [1.82, 2.24) is 21.3 Å². The maximum Gasteiger partial charge on any atom is 0.322 e. The van der Waals surface area contributed by atoms with Crippen molar-refractivity contribution < 1.29 is 19.2 Å². The summed E-state index contributed by atoms with van der Waals surface area (Å²) in [5, 5.41) is 9.23. The molecule has 4 N–H and O–H groups in total. The van der Waals surface area contributed by atoms with E-state index in [2.05, 4.69) is 21.3 Å². The molecule has 102 valence electrons. The Kier molecular flexibility index (Phi) is 2.63. The van der Waals surface area contributed by atoms with E-state index >= 15 is 0 Å². The van der Waals surface area contributed by atoms with Crippen LogP contribution in [0.15, 0.2) is 24.3 Å². The molecule has 0 spiro atoms. The number of urea groups is 2. The lowest BCUT2D eigenvalue weighted by Gasteiger charge is -2.11. The Morgan fingerprint density at radius 1 is 0.650 bits per heavy atom. The molecule has 0 aliphatic carbocycles. The summed E-state index contributed by atoms with van der Waals surface area (Å²) in [6, 6.07) is 3.97. The molecule has 2 aliphatic rings. The summed E-state index contributed by atoms with van der Waals surface area (Å²) in [7, 11) is 0. The molecule has 8 heteroatoms. The molecule has 2 aliphatic heterocycles. The van der Waals surface area contributed by atoms with Crippen LogP contribution in [0.2, 0.25) is 0 Å². The summed E-state index contributed by atoms with van der Waals surface area (Å²) < 4.78 is 0. The number of nitrogens with one attached hydrogen (secondary N) is 4. The van der Waals surface area contributed by atoms with E-state index in [-0.39, 0.29) is 0 Å². The maximum atomic E-state index is 11.5. The number of hydrogen-bond donors (Lipinski definition) is 4. The van der Waals surface area contributed by atoms with Crippen LogP contribution in [0.25, 0.3) is 0 Å². The van der Waals surface area contributed by atoms with Gasteiger partial charge in [0.25, 0.3) is 11.8 Å². The van der Waals surface area contributed by atoms with Gasteiger partial charge >= 0.3 is 12.1 Å². The van der Waals surface area contributed by atoms with Gasteiger partial charge in [0.15, 0.2) is 0 Å². The van der Waals surface area contributed by atoms with Gasteiger partial charge in [-0.25, -0.2) is 9.59 Å². The third-order valence-corrected chi connectivity index (χ3v) is 3.15. The van der Waals surface area contributed by atoms with E-state index < -0.39 is 36.0 Å². The van der Waals surface area contributed by atoms with Crippen LogP contribution in [-0.4, -0.2) is 23.9 Å². The Morgan fingerprint density at radius 2 is 1.00 bits per heavy atom. The zero-order chi connectivity index (χ0) is 14.3. The van der Waals surface area contributed by atoms with Gasteiger partial charge in [0.1, 0.15) is 12.1 Å². The molecular weight excluding hydrogens is 264 g/mol. The van der Waals surface area contributed by atoms with Crippen molar-refractivity contribution in [2.75, 3.05) is 0 Å². The van der Waals surface area contributed by atoms with Gasteiger partial charge in [-0.05, 0) is 11.1 Å². The summed E-state index contributed by atoms with van der Waals surface area (Å²) in [5.74, 6) is -0.843. The first kappa shape index (κ1) is 12.2. The highest BCUT2D eigenvalue weighted by Crippen LogP contribution is 2.21. The molecule has 0 aromatic heterocycles. The van der Waals surface area contributed by atoms with Gasteiger partial charge in [-0.2, -0.15) is 0 Å². The Morgan fingerprint density at radius 3 is 1.25 bits per heavy atom. The summed E-state index contributed by atoms with van der Waals surface area (Å²) in [6.07, 6.45) is 0. The van der Waals surface area contributed by atoms with E-state index in [0.29, 0.717) is 11.1 Å². The minimum atomic E-state index is -0.733. The Bertz CT molecular complexity index is 570. The lowest BCUT2D eigenvalue weighted by molar-refractivity contribution is -0.121. The van der Waals surface area contributed by atoms with Crippen molar-refractivity contribution in [3.8, 4) is 0 Å². The quantitative estimate of drug-likeness (QED) is 0.541. The molecule has 1 aromatic carbocycles. The number of amides is 6. The van der Waals surface area contributed by atoms with Crippen LogP contribution in [-0.2, 0) is 9.59 Å². The van der Waals surface area contributed by atoms with Crippen molar-refractivity contribution in [3.05, 3.63) is 35.4 Å². The number of hydrogen-bond acceptors (Lipinski definition) is 4. The van der Waals surface area contributed by atoms with Crippen molar-refractivity contribution in [1.29, 1.82) is 0 Å². The van der Waals surface area contributed by atoms with E-state index in [9.17, 15) is 19.2 Å². The second kappa shape index (κ2) is 4.34. The Balaban J connectivity index is 1.81. The SMILES string of the molecule is O=C1NC(=O)[C@H](c2ccc([C@H]3NC(=O)NC3=O)cc2)N1. The Hall–Kier alpha value is -2.90. The average Bonchev–Trinajstić information content (AvgIpc) is 2.92. The zero-order valence-electron chi connectivity index (χ0n) is 10.1. The second-order valence-corrected chi connectivity index (χ2v) is 4.46. The van der Waals surface area contributed by atoms with Crippen LogP contribution >= 0.6 is 0 Å². The summed E-state index contributed by atoms with van der Waals surface area (Å²) in [5.41, 5.74) is 1.20. The normalized spacial score (nSPS) is 25.0. The van der Waals surface area contributed by atoms with Crippen LogP contribution < -0.4 is 21.3 Å². The molecule has 6 amide bonds. The third-order valence-electron chi connectivity index (χ3n) is 3.15. The van der Waals surface area contributed by atoms with Gasteiger partial charge in [0, 0.05) is 0 Å². The molecule has 0 radical (unpaired) electrons. The third kappa shape index (κ3) is 1.96. The molecule has 2 atom stereocenters. The number of rotatable bonds is 2. The molecule has 8 nitrogen and oxygen atoms in total. The smallest absolute Gasteiger partial charge is 0.322 e.